The molecule has 136 valence electrons. The fourth-order valence-corrected chi connectivity index (χ4v) is 2.48. The molecule has 24 heavy (non-hydrogen) atoms. The molecule has 0 spiro atoms. The Bertz CT molecular complexity index is 500. The van der Waals surface area contributed by atoms with Crippen LogP contribution in [-0.4, -0.2) is 73.1 Å². The van der Waals surface area contributed by atoms with Gasteiger partial charge in [0.25, 0.3) is 0 Å². The Morgan fingerprint density at radius 3 is 2.67 bits per heavy atom. The number of guanidine groups is 1. The number of nitrogens with one attached hydrogen (secondary N) is 2. The Morgan fingerprint density at radius 1 is 1.33 bits per heavy atom. The summed E-state index contributed by atoms with van der Waals surface area (Å²) in [5, 5.41) is 9.92. The molecule has 2 N–H and O–H groups in total. The van der Waals surface area contributed by atoms with E-state index in [1.165, 1.54) is 0 Å². The first-order chi connectivity index (χ1) is 11.2. The summed E-state index contributed by atoms with van der Waals surface area (Å²) in [5.74, 6) is 0.774. The summed E-state index contributed by atoms with van der Waals surface area (Å²) >= 11 is 0. The summed E-state index contributed by atoms with van der Waals surface area (Å²) in [6, 6.07) is 1.89. The van der Waals surface area contributed by atoms with E-state index in [9.17, 15) is 4.79 Å². The van der Waals surface area contributed by atoms with Gasteiger partial charge in [0.1, 0.15) is 6.26 Å². The number of hydrogen-bond acceptors (Lipinski definition) is 5. The Balaban J connectivity index is 0.00000288. The van der Waals surface area contributed by atoms with E-state index >= 15 is 0 Å². The maximum absolute atomic E-state index is 11.7. The van der Waals surface area contributed by atoms with E-state index in [1.807, 2.05) is 13.0 Å². The lowest BCUT2D eigenvalue weighted by atomic mass is 10.3. The molecule has 2 heterocycles. The number of hydrogen-bond donors (Lipinski definition) is 2. The number of piperazine rings is 1. The smallest absolute Gasteiger partial charge is 0.239 e. The minimum atomic E-state index is -0.00216. The summed E-state index contributed by atoms with van der Waals surface area (Å²) in [7, 11) is 1.74. The molecule has 1 aromatic rings. The van der Waals surface area contributed by atoms with Crippen molar-refractivity contribution in [3.63, 3.8) is 0 Å². The maximum Gasteiger partial charge on any atom is 0.239 e. The molecule has 1 amide bonds. The first kappa shape index (κ1) is 20.7. The zero-order valence-electron chi connectivity index (χ0n) is 14.3. The van der Waals surface area contributed by atoms with E-state index in [4.69, 9.17) is 4.52 Å². The van der Waals surface area contributed by atoms with Crippen LogP contribution in [0.1, 0.15) is 19.0 Å². The van der Waals surface area contributed by atoms with Crippen LogP contribution in [0.5, 0.6) is 0 Å². The van der Waals surface area contributed by atoms with Gasteiger partial charge in [0.05, 0.1) is 12.2 Å². The quantitative estimate of drug-likeness (QED) is 0.373. The van der Waals surface area contributed by atoms with E-state index in [1.54, 1.807) is 13.3 Å². The molecule has 9 heteroatoms. The number of carbonyl (C=O) groups is 1. The Morgan fingerprint density at radius 2 is 2.08 bits per heavy atom. The summed E-state index contributed by atoms with van der Waals surface area (Å²) in [6.45, 7) is 7.39. The van der Waals surface area contributed by atoms with Gasteiger partial charge in [0.2, 0.25) is 5.91 Å². The van der Waals surface area contributed by atoms with Crippen molar-refractivity contribution in [2.45, 2.75) is 19.9 Å². The second-order valence-electron chi connectivity index (χ2n) is 5.50. The second-order valence-corrected chi connectivity index (χ2v) is 5.50. The van der Waals surface area contributed by atoms with Gasteiger partial charge in [-0.25, -0.2) is 0 Å². The Labute approximate surface area is 160 Å². The standard InChI is InChI=1S/C15H26N6O2.HI/c1-3-5-17-14(22)11-18-15(16-2)21-8-6-20(7-9-21)12-13-4-10-23-19-13;/h4,10H,3,5-9,11-12H2,1-2H3,(H,16,18)(H,17,22);1H. The van der Waals surface area contributed by atoms with Crippen LogP contribution in [-0.2, 0) is 11.3 Å². The highest BCUT2D eigenvalue weighted by atomic mass is 127. The number of amides is 1. The molecule has 2 rings (SSSR count). The van der Waals surface area contributed by atoms with Crippen LogP contribution in [0.25, 0.3) is 0 Å². The summed E-state index contributed by atoms with van der Waals surface area (Å²) < 4.78 is 4.86. The van der Waals surface area contributed by atoms with Gasteiger partial charge in [-0.15, -0.1) is 24.0 Å². The zero-order chi connectivity index (χ0) is 16.5. The number of aromatic nitrogens is 1. The number of rotatable bonds is 6. The Hall–Kier alpha value is -1.36. The predicted octanol–water partition coefficient (Wildman–Crippen LogP) is 0.512. The molecule has 0 saturated carbocycles. The second kappa shape index (κ2) is 11.2. The third kappa shape index (κ3) is 6.63. The van der Waals surface area contributed by atoms with Crippen molar-refractivity contribution in [3.8, 4) is 0 Å². The van der Waals surface area contributed by atoms with E-state index in [2.05, 4.69) is 30.6 Å². The number of nitrogens with zero attached hydrogens (tertiary/aromatic N) is 4. The third-order valence-corrected chi connectivity index (χ3v) is 3.74. The average Bonchev–Trinajstić information content (AvgIpc) is 3.08. The summed E-state index contributed by atoms with van der Waals surface area (Å²) in [4.78, 5) is 20.4. The molecule has 0 atom stereocenters. The molecule has 1 aliphatic rings. The largest absolute Gasteiger partial charge is 0.364 e. The SMILES string of the molecule is CCCNC(=O)CNC(=NC)N1CCN(Cc2ccon2)CC1.I. The van der Waals surface area contributed by atoms with Gasteiger partial charge in [-0.1, -0.05) is 12.1 Å². The monoisotopic (exact) mass is 450 g/mol. The van der Waals surface area contributed by atoms with Gasteiger partial charge in [-0.05, 0) is 6.42 Å². The minimum Gasteiger partial charge on any atom is -0.364 e. The summed E-state index contributed by atoms with van der Waals surface area (Å²) in [6.07, 6.45) is 2.54. The molecule has 0 aromatic carbocycles. The molecule has 0 bridgehead atoms. The average molecular weight is 450 g/mol. The van der Waals surface area contributed by atoms with E-state index in [0.717, 1.165) is 50.8 Å². The van der Waals surface area contributed by atoms with Crippen molar-refractivity contribution in [2.24, 2.45) is 4.99 Å². The van der Waals surface area contributed by atoms with Crippen LogP contribution < -0.4 is 10.6 Å². The van der Waals surface area contributed by atoms with Gasteiger partial charge in [0, 0.05) is 52.4 Å². The molecule has 1 fully saturated rings. The topological polar surface area (TPSA) is 86.0 Å². The maximum atomic E-state index is 11.7. The highest BCUT2D eigenvalue weighted by Crippen LogP contribution is 2.07. The van der Waals surface area contributed by atoms with Crippen LogP contribution in [0.3, 0.4) is 0 Å². The van der Waals surface area contributed by atoms with Crippen molar-refractivity contribution < 1.29 is 9.32 Å². The first-order valence-corrected chi connectivity index (χ1v) is 8.06. The normalized spacial score (nSPS) is 15.8. The van der Waals surface area contributed by atoms with Crippen LogP contribution in [0, 0.1) is 0 Å². The zero-order valence-corrected chi connectivity index (χ0v) is 16.7. The number of aliphatic imine (C=N–C) groups is 1. The van der Waals surface area contributed by atoms with Crippen molar-refractivity contribution in [1.29, 1.82) is 0 Å². The molecule has 1 saturated heterocycles. The van der Waals surface area contributed by atoms with Gasteiger partial charge < -0.3 is 20.1 Å². The Kier molecular flexibility index (Phi) is 9.69. The number of halogens is 1. The molecular weight excluding hydrogens is 423 g/mol. The number of carbonyl (C=O) groups excluding carboxylic acids is 1. The molecule has 1 aromatic heterocycles. The first-order valence-electron chi connectivity index (χ1n) is 8.06. The lowest BCUT2D eigenvalue weighted by Gasteiger charge is -2.36. The van der Waals surface area contributed by atoms with Gasteiger partial charge in [-0.3, -0.25) is 14.7 Å². The molecule has 0 unspecified atom stereocenters. The summed E-state index contributed by atoms with van der Waals surface area (Å²) in [5.41, 5.74) is 0.952. The van der Waals surface area contributed by atoms with E-state index in [-0.39, 0.29) is 36.4 Å². The van der Waals surface area contributed by atoms with Gasteiger partial charge >= 0.3 is 0 Å². The van der Waals surface area contributed by atoms with Crippen LogP contribution in [0.4, 0.5) is 0 Å². The highest BCUT2D eigenvalue weighted by Gasteiger charge is 2.20. The molecular formula is C15H27IN6O2. The highest BCUT2D eigenvalue weighted by molar-refractivity contribution is 14.0. The molecule has 1 aliphatic heterocycles. The van der Waals surface area contributed by atoms with Crippen LogP contribution in [0.15, 0.2) is 21.8 Å². The van der Waals surface area contributed by atoms with Gasteiger partial charge in [-0.2, -0.15) is 0 Å². The molecule has 8 nitrogen and oxygen atoms in total. The van der Waals surface area contributed by atoms with Crippen LogP contribution >= 0.6 is 24.0 Å². The van der Waals surface area contributed by atoms with Crippen molar-refractivity contribution in [3.05, 3.63) is 18.0 Å². The van der Waals surface area contributed by atoms with Crippen LogP contribution in [0.2, 0.25) is 0 Å². The van der Waals surface area contributed by atoms with Crippen molar-refractivity contribution in [2.75, 3.05) is 46.3 Å². The minimum absolute atomic E-state index is 0. The van der Waals surface area contributed by atoms with Crippen molar-refractivity contribution in [1.82, 2.24) is 25.6 Å². The fraction of sp³-hybridized carbons (Fsp3) is 0.667. The van der Waals surface area contributed by atoms with E-state index in [0.29, 0.717) is 6.54 Å². The lowest BCUT2D eigenvalue weighted by Crippen LogP contribution is -2.53. The third-order valence-electron chi connectivity index (χ3n) is 3.74. The molecule has 0 radical (unpaired) electrons. The molecule has 0 aliphatic carbocycles. The van der Waals surface area contributed by atoms with E-state index < -0.39 is 0 Å². The fourth-order valence-electron chi connectivity index (χ4n) is 2.48. The lowest BCUT2D eigenvalue weighted by molar-refractivity contribution is -0.120. The predicted molar refractivity (Wildman–Crippen MR) is 103 cm³/mol. The van der Waals surface area contributed by atoms with Crippen molar-refractivity contribution >= 4 is 35.8 Å². The van der Waals surface area contributed by atoms with Gasteiger partial charge in [0.15, 0.2) is 5.96 Å².